The van der Waals surface area contributed by atoms with Crippen LogP contribution in [-0.2, 0) is 4.79 Å². The summed E-state index contributed by atoms with van der Waals surface area (Å²) in [6, 6.07) is 5.86. The molecule has 0 fully saturated rings. The van der Waals surface area contributed by atoms with E-state index in [1.54, 1.807) is 0 Å². The smallest absolute Gasteiger partial charge is 0.224 e. The predicted octanol–water partition coefficient (Wildman–Crippen LogP) is 3.63. The molecule has 21 heavy (non-hydrogen) atoms. The van der Waals surface area contributed by atoms with Crippen molar-refractivity contribution in [2.24, 2.45) is 5.73 Å². The second-order valence-electron chi connectivity index (χ2n) is 5.35. The van der Waals surface area contributed by atoms with Crippen LogP contribution in [-0.4, -0.2) is 19.1 Å². The molecule has 0 saturated heterocycles. The number of nitrogens with one attached hydrogen (secondary N) is 1. The van der Waals surface area contributed by atoms with E-state index in [0.717, 1.165) is 55.6 Å². The third kappa shape index (κ3) is 7.14. The van der Waals surface area contributed by atoms with E-state index in [0.29, 0.717) is 13.0 Å². The van der Waals surface area contributed by atoms with Gasteiger partial charge in [-0.05, 0) is 50.4 Å². The first-order chi connectivity index (χ1) is 10.2. The highest BCUT2D eigenvalue weighted by Gasteiger charge is 2.08. The third-order valence-corrected chi connectivity index (χ3v) is 3.23. The summed E-state index contributed by atoms with van der Waals surface area (Å²) in [4.78, 5) is 12.0. The molecule has 0 aromatic heterocycles. The second-order valence-corrected chi connectivity index (χ2v) is 5.35. The summed E-state index contributed by atoms with van der Waals surface area (Å²) in [7, 11) is 0. The van der Waals surface area contributed by atoms with Crippen molar-refractivity contribution in [2.75, 3.05) is 18.5 Å². The molecule has 0 unspecified atom stereocenters. The number of rotatable bonds is 10. The molecule has 0 bridgehead atoms. The van der Waals surface area contributed by atoms with Crippen molar-refractivity contribution in [3.05, 3.63) is 23.8 Å². The Kier molecular flexibility index (Phi) is 8.51. The molecule has 0 aliphatic rings. The van der Waals surface area contributed by atoms with E-state index in [2.05, 4.69) is 12.2 Å². The van der Waals surface area contributed by atoms with Gasteiger partial charge >= 0.3 is 0 Å². The van der Waals surface area contributed by atoms with Crippen molar-refractivity contribution in [3.63, 3.8) is 0 Å². The molecule has 0 spiro atoms. The van der Waals surface area contributed by atoms with E-state index in [4.69, 9.17) is 10.5 Å². The van der Waals surface area contributed by atoms with Gasteiger partial charge in [-0.1, -0.05) is 25.8 Å². The molecular formula is C17H28N2O2. The summed E-state index contributed by atoms with van der Waals surface area (Å²) < 4.78 is 5.70. The predicted molar refractivity (Wildman–Crippen MR) is 87.7 cm³/mol. The first-order valence-electron chi connectivity index (χ1n) is 7.90. The van der Waals surface area contributed by atoms with Gasteiger partial charge in [0.15, 0.2) is 0 Å². The maximum atomic E-state index is 12.0. The lowest BCUT2D eigenvalue weighted by Gasteiger charge is -2.13. The van der Waals surface area contributed by atoms with Crippen molar-refractivity contribution in [1.29, 1.82) is 0 Å². The van der Waals surface area contributed by atoms with E-state index in [1.165, 1.54) is 0 Å². The summed E-state index contributed by atoms with van der Waals surface area (Å²) in [5.41, 5.74) is 7.34. The van der Waals surface area contributed by atoms with Gasteiger partial charge in [-0.2, -0.15) is 0 Å². The van der Waals surface area contributed by atoms with Gasteiger partial charge in [0.05, 0.1) is 12.3 Å². The molecule has 4 nitrogen and oxygen atoms in total. The molecule has 0 atom stereocenters. The SMILES string of the molecule is CCCOc1cc(C)ccc1NC(=O)CCCCCCN. The third-order valence-electron chi connectivity index (χ3n) is 3.23. The first-order valence-corrected chi connectivity index (χ1v) is 7.90. The fraction of sp³-hybridized carbons (Fsp3) is 0.588. The monoisotopic (exact) mass is 292 g/mol. The molecule has 4 heteroatoms. The van der Waals surface area contributed by atoms with E-state index < -0.39 is 0 Å². The summed E-state index contributed by atoms with van der Waals surface area (Å²) in [6.07, 6.45) is 5.59. The van der Waals surface area contributed by atoms with Crippen LogP contribution in [0, 0.1) is 6.92 Å². The van der Waals surface area contributed by atoms with Gasteiger partial charge in [0.1, 0.15) is 5.75 Å². The molecule has 0 saturated carbocycles. The highest BCUT2D eigenvalue weighted by Crippen LogP contribution is 2.26. The molecule has 1 aromatic carbocycles. The largest absolute Gasteiger partial charge is 0.491 e. The Morgan fingerprint density at radius 1 is 1.24 bits per heavy atom. The van der Waals surface area contributed by atoms with Gasteiger partial charge in [-0.25, -0.2) is 0 Å². The Hall–Kier alpha value is -1.55. The second kappa shape index (κ2) is 10.2. The average molecular weight is 292 g/mol. The number of unbranched alkanes of at least 4 members (excludes halogenated alkanes) is 3. The summed E-state index contributed by atoms with van der Waals surface area (Å²) in [6.45, 7) is 5.47. The molecule has 0 heterocycles. The van der Waals surface area contributed by atoms with Crippen molar-refractivity contribution in [2.45, 2.75) is 52.4 Å². The van der Waals surface area contributed by atoms with E-state index in [-0.39, 0.29) is 5.91 Å². The summed E-state index contributed by atoms with van der Waals surface area (Å²) in [5.74, 6) is 0.807. The maximum absolute atomic E-state index is 12.0. The number of ether oxygens (including phenoxy) is 1. The van der Waals surface area contributed by atoms with Crippen molar-refractivity contribution >= 4 is 11.6 Å². The number of amides is 1. The zero-order valence-electron chi connectivity index (χ0n) is 13.3. The molecule has 1 amide bonds. The minimum Gasteiger partial charge on any atom is -0.491 e. The molecule has 118 valence electrons. The molecular weight excluding hydrogens is 264 g/mol. The van der Waals surface area contributed by atoms with Gasteiger partial charge in [0.25, 0.3) is 0 Å². The highest BCUT2D eigenvalue weighted by molar-refractivity contribution is 5.92. The Labute approximate surface area is 128 Å². The van der Waals surface area contributed by atoms with Crippen LogP contribution in [0.4, 0.5) is 5.69 Å². The molecule has 1 aromatic rings. The lowest BCUT2D eigenvalue weighted by Crippen LogP contribution is -2.12. The Morgan fingerprint density at radius 2 is 2.00 bits per heavy atom. The Balaban J connectivity index is 2.47. The lowest BCUT2D eigenvalue weighted by atomic mass is 10.1. The van der Waals surface area contributed by atoms with Gasteiger partial charge in [0.2, 0.25) is 5.91 Å². The number of carbonyl (C=O) groups is 1. The van der Waals surface area contributed by atoms with Crippen LogP contribution in [0.5, 0.6) is 5.75 Å². The zero-order chi connectivity index (χ0) is 15.5. The van der Waals surface area contributed by atoms with Crippen LogP contribution in [0.25, 0.3) is 0 Å². The number of benzene rings is 1. The minimum atomic E-state index is 0.0490. The van der Waals surface area contributed by atoms with Gasteiger partial charge in [0, 0.05) is 6.42 Å². The molecule has 0 radical (unpaired) electrons. The Morgan fingerprint density at radius 3 is 2.71 bits per heavy atom. The molecule has 3 N–H and O–H groups in total. The summed E-state index contributed by atoms with van der Waals surface area (Å²) >= 11 is 0. The van der Waals surface area contributed by atoms with E-state index in [1.807, 2.05) is 25.1 Å². The quantitative estimate of drug-likeness (QED) is 0.647. The first kappa shape index (κ1) is 17.5. The molecule has 0 aliphatic carbocycles. The van der Waals surface area contributed by atoms with Crippen molar-refractivity contribution < 1.29 is 9.53 Å². The molecule has 1 rings (SSSR count). The number of carbonyl (C=O) groups excluding carboxylic acids is 1. The van der Waals surface area contributed by atoms with Crippen LogP contribution in [0.2, 0.25) is 0 Å². The van der Waals surface area contributed by atoms with Crippen LogP contribution in [0.15, 0.2) is 18.2 Å². The van der Waals surface area contributed by atoms with Crippen LogP contribution < -0.4 is 15.8 Å². The van der Waals surface area contributed by atoms with Crippen LogP contribution in [0.1, 0.15) is 51.0 Å². The minimum absolute atomic E-state index is 0.0490. The number of hydrogen-bond acceptors (Lipinski definition) is 3. The fourth-order valence-electron chi connectivity index (χ4n) is 2.06. The van der Waals surface area contributed by atoms with Crippen LogP contribution in [0.3, 0.4) is 0 Å². The normalized spacial score (nSPS) is 10.4. The summed E-state index contributed by atoms with van der Waals surface area (Å²) in [5, 5.41) is 2.95. The lowest BCUT2D eigenvalue weighted by molar-refractivity contribution is -0.116. The Bertz CT molecular complexity index is 433. The van der Waals surface area contributed by atoms with Crippen molar-refractivity contribution in [3.8, 4) is 5.75 Å². The van der Waals surface area contributed by atoms with Gasteiger partial charge < -0.3 is 15.8 Å². The number of anilines is 1. The van der Waals surface area contributed by atoms with Gasteiger partial charge in [-0.3, -0.25) is 4.79 Å². The zero-order valence-corrected chi connectivity index (χ0v) is 13.3. The fourth-order valence-corrected chi connectivity index (χ4v) is 2.06. The molecule has 0 aliphatic heterocycles. The van der Waals surface area contributed by atoms with E-state index >= 15 is 0 Å². The topological polar surface area (TPSA) is 64.3 Å². The standard InChI is InChI=1S/C17H28N2O2/c1-3-12-21-16-13-14(2)9-10-15(16)19-17(20)8-6-4-5-7-11-18/h9-10,13H,3-8,11-12,18H2,1-2H3,(H,19,20). The maximum Gasteiger partial charge on any atom is 0.224 e. The van der Waals surface area contributed by atoms with Crippen molar-refractivity contribution in [1.82, 2.24) is 0 Å². The highest BCUT2D eigenvalue weighted by atomic mass is 16.5. The van der Waals surface area contributed by atoms with Gasteiger partial charge in [-0.15, -0.1) is 0 Å². The number of aryl methyl sites for hydroxylation is 1. The van der Waals surface area contributed by atoms with Crippen LogP contribution >= 0.6 is 0 Å². The average Bonchev–Trinajstić information content (AvgIpc) is 2.47. The number of nitrogens with two attached hydrogens (primary N) is 1. The van der Waals surface area contributed by atoms with E-state index in [9.17, 15) is 4.79 Å². The number of hydrogen-bond donors (Lipinski definition) is 2.